The molecule has 0 heterocycles. The topological polar surface area (TPSA) is 46.5 Å². The number of aryl methyl sites for hydroxylation is 2. The first kappa shape index (κ1) is 15.5. The number of rotatable bonds is 4. The molecule has 0 atom stereocenters. The Morgan fingerprint density at radius 2 is 2.00 bits per heavy atom. The van der Waals surface area contributed by atoms with Gasteiger partial charge in [0.2, 0.25) is 0 Å². The van der Waals surface area contributed by atoms with Crippen LogP contribution in [0.2, 0.25) is 0 Å². The molecule has 2 aromatic rings. The molecule has 0 aliphatic heterocycles. The minimum Gasteiger partial charge on any atom is -0.488 e. The number of ether oxygens (including phenoxy) is 1. The van der Waals surface area contributed by atoms with Crippen molar-refractivity contribution in [3.63, 3.8) is 0 Å². The molecule has 0 amide bonds. The summed E-state index contributed by atoms with van der Waals surface area (Å²) in [6.07, 6.45) is 0. The number of hydrogen-bond acceptors (Lipinski definition) is 2. The van der Waals surface area contributed by atoms with E-state index in [2.05, 4.69) is 15.9 Å². The molecule has 0 unspecified atom stereocenters. The molecule has 0 aliphatic carbocycles. The third kappa shape index (κ3) is 3.42. The lowest BCUT2D eigenvalue weighted by Gasteiger charge is -2.13. The maximum atomic E-state index is 13.6. The zero-order valence-corrected chi connectivity index (χ0v) is 13.2. The summed E-state index contributed by atoms with van der Waals surface area (Å²) in [5.74, 6) is -0.965. The molecule has 0 saturated carbocycles. The number of hydrogen-bond donors (Lipinski definition) is 1. The fourth-order valence-corrected chi connectivity index (χ4v) is 2.50. The fourth-order valence-electron chi connectivity index (χ4n) is 2.02. The van der Waals surface area contributed by atoms with Crippen molar-refractivity contribution in [3.8, 4) is 5.75 Å². The standard InChI is InChI=1S/C16H14BrFO3/c1-9-6-10(2)15(7-14(9)18)21-8-12-11(16(19)20)4-3-5-13(12)17/h3-7H,8H2,1-2H3,(H,19,20). The number of carbonyl (C=O) groups is 1. The van der Waals surface area contributed by atoms with Crippen LogP contribution < -0.4 is 4.74 Å². The van der Waals surface area contributed by atoms with Gasteiger partial charge in [0.25, 0.3) is 0 Å². The fraction of sp³-hybridized carbons (Fsp3) is 0.188. The van der Waals surface area contributed by atoms with E-state index in [9.17, 15) is 14.3 Å². The van der Waals surface area contributed by atoms with E-state index in [4.69, 9.17) is 4.74 Å². The van der Waals surface area contributed by atoms with Crippen LogP contribution in [0.3, 0.4) is 0 Å². The van der Waals surface area contributed by atoms with Crippen LogP contribution in [-0.4, -0.2) is 11.1 Å². The number of carboxylic acids is 1. The highest BCUT2D eigenvalue weighted by Gasteiger charge is 2.14. The number of benzene rings is 2. The average molecular weight is 353 g/mol. The first-order valence-electron chi connectivity index (χ1n) is 6.30. The summed E-state index contributed by atoms with van der Waals surface area (Å²) in [5, 5.41) is 9.19. The van der Waals surface area contributed by atoms with Gasteiger partial charge in [0.15, 0.2) is 0 Å². The van der Waals surface area contributed by atoms with Gasteiger partial charge in [-0.3, -0.25) is 0 Å². The summed E-state index contributed by atoms with van der Waals surface area (Å²) in [4.78, 5) is 11.2. The van der Waals surface area contributed by atoms with E-state index in [0.717, 1.165) is 5.56 Å². The molecule has 3 nitrogen and oxygen atoms in total. The van der Waals surface area contributed by atoms with E-state index in [-0.39, 0.29) is 18.0 Å². The maximum Gasteiger partial charge on any atom is 0.336 e. The molecule has 2 aromatic carbocycles. The predicted octanol–water partition coefficient (Wildman–Crippen LogP) is 4.48. The van der Waals surface area contributed by atoms with E-state index in [1.165, 1.54) is 12.1 Å². The Kier molecular flexibility index (Phi) is 4.63. The Balaban J connectivity index is 2.29. The SMILES string of the molecule is Cc1cc(C)c(OCc2c(Br)cccc2C(=O)O)cc1F. The lowest BCUT2D eigenvalue weighted by Crippen LogP contribution is -2.07. The van der Waals surface area contributed by atoms with Crippen molar-refractivity contribution in [1.82, 2.24) is 0 Å². The Hall–Kier alpha value is -1.88. The number of halogens is 2. The molecular weight excluding hydrogens is 339 g/mol. The van der Waals surface area contributed by atoms with Crippen molar-refractivity contribution < 1.29 is 19.0 Å². The smallest absolute Gasteiger partial charge is 0.336 e. The predicted molar refractivity (Wildman–Crippen MR) is 81.3 cm³/mol. The van der Waals surface area contributed by atoms with E-state index in [1.807, 2.05) is 6.92 Å². The van der Waals surface area contributed by atoms with Gasteiger partial charge in [-0.2, -0.15) is 0 Å². The molecule has 0 spiro atoms. The van der Waals surface area contributed by atoms with Gasteiger partial charge >= 0.3 is 5.97 Å². The van der Waals surface area contributed by atoms with Gasteiger partial charge in [0.05, 0.1) is 5.56 Å². The van der Waals surface area contributed by atoms with Crippen LogP contribution in [0.15, 0.2) is 34.8 Å². The van der Waals surface area contributed by atoms with Gasteiger partial charge in [-0.15, -0.1) is 0 Å². The van der Waals surface area contributed by atoms with Gasteiger partial charge in [0.1, 0.15) is 18.2 Å². The zero-order chi connectivity index (χ0) is 15.6. The van der Waals surface area contributed by atoms with Crippen LogP contribution in [0.25, 0.3) is 0 Å². The lowest BCUT2D eigenvalue weighted by molar-refractivity contribution is 0.0694. The van der Waals surface area contributed by atoms with Gasteiger partial charge in [-0.25, -0.2) is 9.18 Å². The third-order valence-electron chi connectivity index (χ3n) is 3.18. The minimum absolute atomic E-state index is 0.0480. The Morgan fingerprint density at radius 1 is 1.29 bits per heavy atom. The Labute approximate surface area is 130 Å². The summed E-state index contributed by atoms with van der Waals surface area (Å²) in [6, 6.07) is 7.92. The van der Waals surface area contributed by atoms with Crippen molar-refractivity contribution in [2.24, 2.45) is 0 Å². The molecule has 0 radical (unpaired) electrons. The lowest BCUT2D eigenvalue weighted by atomic mass is 10.1. The average Bonchev–Trinajstić information content (AvgIpc) is 2.42. The highest BCUT2D eigenvalue weighted by Crippen LogP contribution is 2.26. The molecule has 21 heavy (non-hydrogen) atoms. The molecule has 1 N–H and O–H groups in total. The largest absolute Gasteiger partial charge is 0.488 e. The van der Waals surface area contributed by atoms with Crippen molar-refractivity contribution in [2.45, 2.75) is 20.5 Å². The van der Waals surface area contributed by atoms with Crippen molar-refractivity contribution in [3.05, 3.63) is 62.9 Å². The maximum absolute atomic E-state index is 13.6. The van der Waals surface area contributed by atoms with Gasteiger partial charge < -0.3 is 9.84 Å². The number of carboxylic acid groups (broad SMARTS) is 1. The summed E-state index contributed by atoms with van der Waals surface area (Å²) in [6.45, 7) is 3.55. The second-order valence-electron chi connectivity index (χ2n) is 4.73. The highest BCUT2D eigenvalue weighted by atomic mass is 79.9. The molecule has 0 aliphatic rings. The highest BCUT2D eigenvalue weighted by molar-refractivity contribution is 9.10. The van der Waals surface area contributed by atoms with Gasteiger partial charge in [0, 0.05) is 16.1 Å². The zero-order valence-electron chi connectivity index (χ0n) is 11.6. The minimum atomic E-state index is -1.03. The van der Waals surface area contributed by atoms with Crippen LogP contribution >= 0.6 is 15.9 Å². The van der Waals surface area contributed by atoms with Crippen LogP contribution in [-0.2, 0) is 6.61 Å². The summed E-state index contributed by atoms with van der Waals surface area (Å²) in [7, 11) is 0. The van der Waals surface area contributed by atoms with E-state index in [1.54, 1.807) is 25.1 Å². The molecule has 110 valence electrons. The van der Waals surface area contributed by atoms with Crippen LogP contribution in [0.1, 0.15) is 27.0 Å². The first-order valence-corrected chi connectivity index (χ1v) is 7.09. The Bertz CT molecular complexity index is 698. The van der Waals surface area contributed by atoms with Gasteiger partial charge in [-0.05, 0) is 43.2 Å². The monoisotopic (exact) mass is 352 g/mol. The van der Waals surface area contributed by atoms with E-state index < -0.39 is 5.97 Å². The van der Waals surface area contributed by atoms with Crippen molar-refractivity contribution in [2.75, 3.05) is 0 Å². The molecule has 2 rings (SSSR count). The molecule has 0 bridgehead atoms. The molecular formula is C16H14BrFO3. The third-order valence-corrected chi connectivity index (χ3v) is 3.92. The summed E-state index contributed by atoms with van der Waals surface area (Å²) >= 11 is 3.32. The van der Waals surface area contributed by atoms with Crippen molar-refractivity contribution >= 4 is 21.9 Å². The Morgan fingerprint density at radius 3 is 2.67 bits per heavy atom. The second kappa shape index (κ2) is 6.26. The van der Waals surface area contributed by atoms with E-state index in [0.29, 0.717) is 21.3 Å². The quantitative estimate of drug-likeness (QED) is 0.882. The van der Waals surface area contributed by atoms with Crippen LogP contribution in [0, 0.1) is 19.7 Å². The molecule has 0 aromatic heterocycles. The summed E-state index contributed by atoms with van der Waals surface area (Å²) in [5.41, 5.74) is 2.03. The molecule has 0 saturated heterocycles. The van der Waals surface area contributed by atoms with Crippen molar-refractivity contribution in [1.29, 1.82) is 0 Å². The van der Waals surface area contributed by atoms with Gasteiger partial charge in [-0.1, -0.05) is 22.0 Å². The molecule has 5 heteroatoms. The number of aromatic carboxylic acids is 1. The van der Waals surface area contributed by atoms with E-state index >= 15 is 0 Å². The normalized spacial score (nSPS) is 10.5. The first-order chi connectivity index (χ1) is 9.90. The second-order valence-corrected chi connectivity index (χ2v) is 5.58. The summed E-state index contributed by atoms with van der Waals surface area (Å²) < 4.78 is 19.8. The van der Waals surface area contributed by atoms with Crippen LogP contribution in [0.5, 0.6) is 5.75 Å². The molecule has 0 fully saturated rings. The van der Waals surface area contributed by atoms with Crippen LogP contribution in [0.4, 0.5) is 4.39 Å².